The van der Waals surface area contributed by atoms with E-state index in [9.17, 15) is 0 Å². The minimum absolute atomic E-state index is 0. The molecule has 0 spiro atoms. The van der Waals surface area contributed by atoms with E-state index in [2.05, 4.69) is 0 Å². The SMILES string of the molecule is O=P([O-])([O-])[O-].[F-].[F-].[F-].[Na+].[V+5]. The second-order valence-electron chi connectivity index (χ2n) is 0.447. The van der Waals surface area contributed by atoms with E-state index >= 15 is 0 Å². The largest absolute Gasteiger partial charge is 5.00 e. The van der Waals surface area contributed by atoms with Crippen LogP contribution in [0.1, 0.15) is 0 Å². The molecule has 0 aliphatic rings. The Morgan fingerprint density at radius 1 is 0.900 bits per heavy atom. The van der Waals surface area contributed by atoms with Gasteiger partial charge in [-0.3, -0.25) is 0 Å². The van der Waals surface area contributed by atoms with Crippen molar-refractivity contribution < 1.29 is 81.5 Å². The summed E-state index contributed by atoms with van der Waals surface area (Å²) in [5, 5.41) is 0. The number of phosphoric acid groups is 1. The van der Waals surface area contributed by atoms with Crippen LogP contribution in [-0.2, 0) is 23.1 Å². The first-order chi connectivity index (χ1) is 2.00. The maximum absolute atomic E-state index is 8.55. The van der Waals surface area contributed by atoms with E-state index in [1.54, 1.807) is 0 Å². The Kier molecular flexibility index (Phi) is 70.7. The molecule has 10 heavy (non-hydrogen) atoms. The van der Waals surface area contributed by atoms with Crippen molar-refractivity contribution in [3.63, 3.8) is 0 Å². The summed E-state index contributed by atoms with van der Waals surface area (Å²) < 4.78 is 8.55. The Balaban J connectivity index is -0.00000000800. The van der Waals surface area contributed by atoms with Gasteiger partial charge in [0.05, 0.1) is 0 Å². The number of hydrogen-bond acceptors (Lipinski definition) is 4. The van der Waals surface area contributed by atoms with Crippen molar-refractivity contribution >= 4 is 7.82 Å². The Bertz CT molecular complexity index is 66.6. The molecule has 0 radical (unpaired) electrons. The molecule has 0 fully saturated rings. The molecule has 0 rings (SSSR count). The fourth-order valence-corrected chi connectivity index (χ4v) is 0. The molecule has 56 valence electrons. The van der Waals surface area contributed by atoms with Crippen molar-refractivity contribution in [1.29, 1.82) is 0 Å². The van der Waals surface area contributed by atoms with Gasteiger partial charge in [0.15, 0.2) is 0 Å². The van der Waals surface area contributed by atoms with E-state index in [0.29, 0.717) is 0 Å². The van der Waals surface area contributed by atoms with Crippen LogP contribution in [0.4, 0.5) is 0 Å². The molecule has 10 heteroatoms. The third kappa shape index (κ3) is 310. The maximum Gasteiger partial charge on any atom is 5.00 e. The molecule has 0 saturated heterocycles. The minimum Gasteiger partial charge on any atom is -1.00 e. The summed E-state index contributed by atoms with van der Waals surface area (Å²) in [7, 11) is -5.39. The molecule has 0 aromatic rings. The van der Waals surface area contributed by atoms with E-state index in [0.717, 1.165) is 0 Å². The van der Waals surface area contributed by atoms with Gasteiger partial charge in [-0.25, -0.2) is 0 Å². The average molecular weight is 226 g/mol. The van der Waals surface area contributed by atoms with Crippen molar-refractivity contribution in [2.45, 2.75) is 0 Å². The third-order valence-corrected chi connectivity index (χ3v) is 0. The van der Waals surface area contributed by atoms with Crippen LogP contribution in [-0.4, -0.2) is 0 Å². The molecule has 0 unspecified atom stereocenters. The number of rotatable bonds is 0. The van der Waals surface area contributed by atoms with Gasteiger partial charge in [0, 0.05) is 0 Å². The van der Waals surface area contributed by atoms with Crippen LogP contribution in [0.3, 0.4) is 0 Å². The first kappa shape index (κ1) is 42.0. The minimum atomic E-state index is -5.39. The van der Waals surface area contributed by atoms with Crippen LogP contribution in [0, 0.1) is 0 Å². The van der Waals surface area contributed by atoms with Gasteiger partial charge in [-0.1, -0.05) is 0 Å². The van der Waals surface area contributed by atoms with Crippen molar-refractivity contribution in [1.82, 2.24) is 0 Å². The average Bonchev–Trinajstić information content (AvgIpc) is 0.722. The van der Waals surface area contributed by atoms with Crippen LogP contribution in [0.15, 0.2) is 0 Å². The first-order valence-electron chi connectivity index (χ1n) is 0.730. The summed E-state index contributed by atoms with van der Waals surface area (Å²) in [6.07, 6.45) is 0. The molecule has 0 aliphatic carbocycles. The standard InChI is InChI=1S/3FH.Na.H3O4P.V/c;;;;1-5(2,3)4;/h3*1H;;(H3,1,2,3,4);/q;;;+1;;+5/p-6. The van der Waals surface area contributed by atoms with Crippen LogP contribution >= 0.6 is 7.82 Å². The summed E-state index contributed by atoms with van der Waals surface area (Å²) >= 11 is 0. The molecule has 0 amide bonds. The summed E-state index contributed by atoms with van der Waals surface area (Å²) in [6.45, 7) is 0. The summed E-state index contributed by atoms with van der Waals surface area (Å²) in [5.41, 5.74) is 0. The second kappa shape index (κ2) is 16.8. The van der Waals surface area contributed by atoms with Crippen LogP contribution in [0.2, 0.25) is 0 Å². The Morgan fingerprint density at radius 2 is 0.900 bits per heavy atom. The number of hydrogen-bond donors (Lipinski definition) is 0. The molecule has 0 atom stereocenters. The summed E-state index contributed by atoms with van der Waals surface area (Å²) in [6, 6.07) is 0. The molecule has 4 nitrogen and oxygen atoms in total. The van der Waals surface area contributed by atoms with Gasteiger partial charge < -0.3 is 33.4 Å². The van der Waals surface area contributed by atoms with Gasteiger partial charge in [-0.2, -0.15) is 7.82 Å². The van der Waals surface area contributed by atoms with Crippen molar-refractivity contribution in [2.75, 3.05) is 0 Å². The van der Waals surface area contributed by atoms with Crippen molar-refractivity contribution in [3.05, 3.63) is 0 Å². The zero-order valence-corrected chi connectivity index (χ0v) is 8.95. The first-order valence-corrected chi connectivity index (χ1v) is 2.19. The fraction of sp³-hybridized carbons (Fsp3) is 0. The molecule has 0 aliphatic heterocycles. The van der Waals surface area contributed by atoms with Crippen molar-refractivity contribution in [2.24, 2.45) is 0 Å². The van der Waals surface area contributed by atoms with Gasteiger partial charge >= 0.3 is 48.1 Å². The van der Waals surface area contributed by atoms with Crippen molar-refractivity contribution in [3.8, 4) is 0 Å². The van der Waals surface area contributed by atoms with E-state index in [1.165, 1.54) is 0 Å². The molecule has 0 bridgehead atoms. The second-order valence-corrected chi connectivity index (χ2v) is 1.34. The molecule has 0 aromatic carbocycles. The monoisotopic (exact) mass is 226 g/mol. The molecule has 0 aromatic heterocycles. The zero-order chi connectivity index (χ0) is 4.50. The fourth-order valence-electron chi connectivity index (χ4n) is 0. The number of halogens is 3. The Labute approximate surface area is 88.9 Å². The topological polar surface area (TPSA) is 86.2 Å². The van der Waals surface area contributed by atoms with E-state index in [4.69, 9.17) is 19.2 Å². The molecule has 0 N–H and O–H groups in total. The van der Waals surface area contributed by atoms with Crippen LogP contribution < -0.4 is 58.4 Å². The smallest absolute Gasteiger partial charge is 1.00 e. The maximum atomic E-state index is 8.55. The van der Waals surface area contributed by atoms with Crippen LogP contribution in [0.5, 0.6) is 0 Å². The van der Waals surface area contributed by atoms with E-state index in [1.807, 2.05) is 0 Å². The molecule has 0 saturated carbocycles. The molecule has 0 heterocycles. The van der Waals surface area contributed by atoms with E-state index in [-0.39, 0.29) is 62.2 Å². The third-order valence-electron chi connectivity index (χ3n) is 0. The summed E-state index contributed by atoms with van der Waals surface area (Å²) in [5.74, 6) is 0. The molecular weight excluding hydrogens is 226 g/mol. The van der Waals surface area contributed by atoms with E-state index < -0.39 is 7.82 Å². The van der Waals surface area contributed by atoms with Gasteiger partial charge in [0.1, 0.15) is 0 Å². The summed E-state index contributed by atoms with van der Waals surface area (Å²) in [4.78, 5) is 25.6. The van der Waals surface area contributed by atoms with Gasteiger partial charge in [-0.05, 0) is 0 Å². The predicted octanol–water partition coefficient (Wildman–Crippen LogP) is -14.8. The predicted molar refractivity (Wildman–Crippen MR) is 7.61 cm³/mol. The van der Waals surface area contributed by atoms with Gasteiger partial charge in [0.25, 0.3) is 0 Å². The van der Waals surface area contributed by atoms with Gasteiger partial charge in [0.2, 0.25) is 0 Å². The quantitative estimate of drug-likeness (QED) is 0.303. The zero-order valence-electron chi connectivity index (χ0n) is 4.66. The Hall–Kier alpha value is 1.48. The Morgan fingerprint density at radius 3 is 0.900 bits per heavy atom. The normalized spacial score (nSPS) is 5.90. The van der Waals surface area contributed by atoms with Crippen LogP contribution in [0.25, 0.3) is 0 Å². The molecular formula is F3NaO4PV. The van der Waals surface area contributed by atoms with Gasteiger partial charge in [-0.15, -0.1) is 0 Å².